The van der Waals surface area contributed by atoms with E-state index in [2.05, 4.69) is 36.9 Å². The molecule has 3 heterocycles. The molecule has 0 radical (unpaired) electrons. The second-order valence-corrected chi connectivity index (χ2v) is 8.63. The van der Waals surface area contributed by atoms with E-state index in [1.807, 2.05) is 6.07 Å². The van der Waals surface area contributed by atoms with Crippen LogP contribution in [0.4, 0.5) is 10.3 Å². The number of likely N-dealkylation sites (N-methyl/N-ethyl adjacent to an activating group) is 1. The predicted octanol–water partition coefficient (Wildman–Crippen LogP) is 2.25. The van der Waals surface area contributed by atoms with Gasteiger partial charge in [-0.3, -0.25) is 9.69 Å². The van der Waals surface area contributed by atoms with Crippen LogP contribution in [0.15, 0.2) is 36.7 Å². The number of rotatable bonds is 7. The second kappa shape index (κ2) is 10.8. The Hall–Kier alpha value is -2.58. The average molecular weight is 441 g/mol. The van der Waals surface area contributed by atoms with E-state index >= 15 is 0 Å². The van der Waals surface area contributed by atoms with Gasteiger partial charge >= 0.3 is 0 Å². The van der Waals surface area contributed by atoms with Gasteiger partial charge in [0.05, 0.1) is 5.92 Å². The molecule has 172 valence electrons. The van der Waals surface area contributed by atoms with E-state index in [0.29, 0.717) is 19.0 Å². The molecule has 1 atom stereocenters. The monoisotopic (exact) mass is 440 g/mol. The highest BCUT2D eigenvalue weighted by atomic mass is 19.1. The van der Waals surface area contributed by atoms with Crippen molar-refractivity contribution in [1.29, 1.82) is 0 Å². The van der Waals surface area contributed by atoms with Crippen molar-refractivity contribution in [3.63, 3.8) is 0 Å². The standard InChI is InChI=1S/C24H33FN6O/c1-2-29-11-13-30(14-12-29)10-8-26-23(32)20-6-4-9-31(18-20)24-27-16-21(17-28-24)19-5-3-7-22(25)15-19/h3,5,7,15-17,20H,2,4,6,8-14,18H2,1H3,(H,26,32). The molecule has 0 bridgehead atoms. The summed E-state index contributed by atoms with van der Waals surface area (Å²) in [7, 11) is 0. The largest absolute Gasteiger partial charge is 0.355 e. The van der Waals surface area contributed by atoms with Gasteiger partial charge in [0.1, 0.15) is 5.82 Å². The molecule has 4 rings (SSSR count). The van der Waals surface area contributed by atoms with Crippen LogP contribution in [0.5, 0.6) is 0 Å². The molecule has 2 saturated heterocycles. The van der Waals surface area contributed by atoms with Gasteiger partial charge in [-0.25, -0.2) is 14.4 Å². The first kappa shape index (κ1) is 22.6. The lowest BCUT2D eigenvalue weighted by Gasteiger charge is -2.34. The summed E-state index contributed by atoms with van der Waals surface area (Å²) < 4.78 is 13.5. The zero-order valence-corrected chi connectivity index (χ0v) is 18.8. The van der Waals surface area contributed by atoms with Crippen molar-refractivity contribution in [2.75, 3.05) is 63.8 Å². The van der Waals surface area contributed by atoms with Crippen molar-refractivity contribution in [3.8, 4) is 11.1 Å². The Kier molecular flexibility index (Phi) is 7.65. The van der Waals surface area contributed by atoms with Crippen molar-refractivity contribution in [3.05, 3.63) is 42.5 Å². The van der Waals surface area contributed by atoms with Crippen LogP contribution >= 0.6 is 0 Å². The third-order valence-electron chi connectivity index (χ3n) is 6.51. The number of carbonyl (C=O) groups is 1. The summed E-state index contributed by atoms with van der Waals surface area (Å²) in [6, 6.07) is 6.41. The molecule has 8 heteroatoms. The number of hydrogen-bond acceptors (Lipinski definition) is 6. The summed E-state index contributed by atoms with van der Waals surface area (Å²) in [5.41, 5.74) is 1.53. The van der Waals surface area contributed by atoms with E-state index in [-0.39, 0.29) is 17.6 Å². The Morgan fingerprint density at radius 1 is 1.09 bits per heavy atom. The van der Waals surface area contributed by atoms with Gasteiger partial charge in [0.15, 0.2) is 0 Å². The average Bonchev–Trinajstić information content (AvgIpc) is 2.84. The number of benzene rings is 1. The molecule has 2 aliphatic heterocycles. The van der Waals surface area contributed by atoms with Crippen LogP contribution in [0.2, 0.25) is 0 Å². The molecule has 1 N–H and O–H groups in total. The minimum absolute atomic E-state index is 0.0489. The number of anilines is 1. The van der Waals surface area contributed by atoms with E-state index in [1.165, 1.54) is 12.1 Å². The number of nitrogens with zero attached hydrogens (tertiary/aromatic N) is 5. The molecular formula is C24H33FN6O. The van der Waals surface area contributed by atoms with E-state index in [0.717, 1.165) is 69.8 Å². The lowest BCUT2D eigenvalue weighted by Crippen LogP contribution is -2.49. The third-order valence-corrected chi connectivity index (χ3v) is 6.51. The molecule has 1 amide bonds. The molecule has 2 aromatic rings. The van der Waals surface area contributed by atoms with Gasteiger partial charge in [0.25, 0.3) is 0 Å². The van der Waals surface area contributed by atoms with Crippen LogP contribution in [0.3, 0.4) is 0 Å². The van der Waals surface area contributed by atoms with Gasteiger partial charge in [0.2, 0.25) is 11.9 Å². The summed E-state index contributed by atoms with van der Waals surface area (Å²) in [6.07, 6.45) is 5.27. The number of nitrogens with one attached hydrogen (secondary N) is 1. The van der Waals surface area contributed by atoms with Crippen LogP contribution in [-0.4, -0.2) is 84.6 Å². The molecule has 2 fully saturated rings. The van der Waals surface area contributed by atoms with Crippen molar-refractivity contribution >= 4 is 11.9 Å². The zero-order chi connectivity index (χ0) is 22.3. The predicted molar refractivity (Wildman–Crippen MR) is 124 cm³/mol. The van der Waals surface area contributed by atoms with Crippen molar-refractivity contribution < 1.29 is 9.18 Å². The summed E-state index contributed by atoms with van der Waals surface area (Å²) >= 11 is 0. The van der Waals surface area contributed by atoms with Crippen molar-refractivity contribution in [2.45, 2.75) is 19.8 Å². The summed E-state index contributed by atoms with van der Waals surface area (Å²) in [6.45, 7) is 10.7. The second-order valence-electron chi connectivity index (χ2n) is 8.63. The molecule has 7 nitrogen and oxygen atoms in total. The van der Waals surface area contributed by atoms with Crippen LogP contribution in [-0.2, 0) is 4.79 Å². The fourth-order valence-electron chi connectivity index (χ4n) is 4.49. The van der Waals surface area contributed by atoms with Crippen molar-refractivity contribution in [2.24, 2.45) is 5.92 Å². The van der Waals surface area contributed by atoms with Crippen molar-refractivity contribution in [1.82, 2.24) is 25.1 Å². The number of amides is 1. The fraction of sp³-hybridized carbons (Fsp3) is 0.542. The maximum atomic E-state index is 13.5. The summed E-state index contributed by atoms with van der Waals surface area (Å²) in [4.78, 5) is 28.7. The fourth-order valence-corrected chi connectivity index (χ4v) is 4.49. The molecule has 1 unspecified atom stereocenters. The van der Waals surface area contributed by atoms with Crippen LogP contribution in [0.1, 0.15) is 19.8 Å². The first-order chi connectivity index (χ1) is 15.6. The third kappa shape index (κ3) is 5.81. The van der Waals surface area contributed by atoms with Gasteiger partial charge in [-0.15, -0.1) is 0 Å². The molecule has 0 aliphatic carbocycles. The van der Waals surface area contributed by atoms with E-state index in [1.54, 1.807) is 18.5 Å². The SMILES string of the molecule is CCN1CCN(CCNC(=O)C2CCCN(c3ncc(-c4cccc(F)c4)cn3)C2)CC1. The Balaban J connectivity index is 1.26. The minimum atomic E-state index is -0.278. The Bertz CT molecular complexity index is 884. The van der Waals surface area contributed by atoms with E-state index in [9.17, 15) is 9.18 Å². The van der Waals surface area contributed by atoms with Gasteiger partial charge in [0, 0.05) is 70.3 Å². The lowest BCUT2D eigenvalue weighted by molar-refractivity contribution is -0.125. The Labute approximate surface area is 189 Å². The lowest BCUT2D eigenvalue weighted by atomic mass is 9.97. The van der Waals surface area contributed by atoms with Crippen LogP contribution in [0, 0.1) is 11.7 Å². The first-order valence-corrected chi connectivity index (χ1v) is 11.7. The van der Waals surface area contributed by atoms with Gasteiger partial charge in [-0.2, -0.15) is 0 Å². The highest BCUT2D eigenvalue weighted by Crippen LogP contribution is 2.23. The smallest absolute Gasteiger partial charge is 0.225 e. The number of piperidine rings is 1. The molecule has 1 aromatic heterocycles. The number of piperazine rings is 1. The summed E-state index contributed by atoms with van der Waals surface area (Å²) in [5, 5.41) is 3.14. The van der Waals surface area contributed by atoms with Gasteiger partial charge in [-0.1, -0.05) is 19.1 Å². The number of halogens is 1. The quantitative estimate of drug-likeness (QED) is 0.713. The number of carbonyl (C=O) groups excluding carboxylic acids is 1. The number of hydrogen-bond donors (Lipinski definition) is 1. The van der Waals surface area contributed by atoms with Gasteiger partial charge < -0.3 is 15.1 Å². The van der Waals surface area contributed by atoms with Gasteiger partial charge in [-0.05, 0) is 37.1 Å². The molecule has 0 spiro atoms. The summed E-state index contributed by atoms with van der Waals surface area (Å²) in [5.74, 6) is 0.418. The topological polar surface area (TPSA) is 64.6 Å². The highest BCUT2D eigenvalue weighted by Gasteiger charge is 2.27. The molecule has 32 heavy (non-hydrogen) atoms. The number of aromatic nitrogens is 2. The molecule has 0 saturated carbocycles. The minimum Gasteiger partial charge on any atom is -0.355 e. The first-order valence-electron chi connectivity index (χ1n) is 11.7. The van der Waals surface area contributed by atoms with E-state index in [4.69, 9.17) is 0 Å². The highest BCUT2D eigenvalue weighted by molar-refractivity contribution is 5.79. The molecule has 2 aliphatic rings. The van der Waals surface area contributed by atoms with Crippen LogP contribution < -0.4 is 10.2 Å². The Morgan fingerprint density at radius 2 is 1.84 bits per heavy atom. The normalized spacial score (nSPS) is 20.3. The maximum absolute atomic E-state index is 13.5. The zero-order valence-electron chi connectivity index (χ0n) is 18.8. The Morgan fingerprint density at radius 3 is 2.56 bits per heavy atom. The van der Waals surface area contributed by atoms with E-state index < -0.39 is 0 Å². The van der Waals surface area contributed by atoms with Crippen LogP contribution in [0.25, 0.3) is 11.1 Å². The molecular weight excluding hydrogens is 407 g/mol. The maximum Gasteiger partial charge on any atom is 0.225 e. The molecule has 1 aromatic carbocycles.